The highest BCUT2D eigenvalue weighted by Gasteiger charge is 2.19. The van der Waals surface area contributed by atoms with Crippen molar-refractivity contribution in [2.24, 2.45) is 0 Å². The van der Waals surface area contributed by atoms with E-state index in [1.54, 1.807) is 0 Å². The molecule has 0 saturated heterocycles. The topological polar surface area (TPSA) is 69.6 Å². The maximum atomic E-state index is 12.4. The first-order valence-electron chi connectivity index (χ1n) is 23.6. The summed E-state index contributed by atoms with van der Waals surface area (Å²) in [7, 11) is 0. The monoisotopic (exact) mass is 788 g/mol. The fourth-order valence-electron chi connectivity index (χ4n) is 6.48. The first-order valence-corrected chi connectivity index (χ1v) is 23.6. The van der Waals surface area contributed by atoms with Gasteiger partial charge in [-0.15, -0.1) is 0 Å². The SMILES string of the molecule is CC/C=C\C/C=C\C/C=C\C/C=C\C/C=C\C/C=C\C/C=C\C/C=C\C/C=C\CCCC(=O)NC(CO)C(O)CCCCCCCCCCCCCCCCCC. The summed E-state index contributed by atoms with van der Waals surface area (Å²) in [6.07, 6.45) is 71.7. The van der Waals surface area contributed by atoms with Gasteiger partial charge in [0.2, 0.25) is 5.91 Å². The average molecular weight is 788 g/mol. The third-order valence-corrected chi connectivity index (χ3v) is 10.0. The Balaban J connectivity index is 3.72. The van der Waals surface area contributed by atoms with Crippen LogP contribution in [0.3, 0.4) is 0 Å². The molecule has 0 saturated carbocycles. The minimum absolute atomic E-state index is 0.0934. The van der Waals surface area contributed by atoms with Gasteiger partial charge >= 0.3 is 0 Å². The van der Waals surface area contributed by atoms with E-state index in [2.05, 4.69) is 129 Å². The van der Waals surface area contributed by atoms with E-state index in [0.717, 1.165) is 83.5 Å². The zero-order valence-corrected chi connectivity index (χ0v) is 37.1. The van der Waals surface area contributed by atoms with Gasteiger partial charge in [-0.1, -0.05) is 226 Å². The van der Waals surface area contributed by atoms with Crippen LogP contribution in [0.2, 0.25) is 0 Å². The van der Waals surface area contributed by atoms with Crippen molar-refractivity contribution in [2.45, 2.75) is 212 Å². The second-order valence-electron chi connectivity index (χ2n) is 15.4. The van der Waals surface area contributed by atoms with Gasteiger partial charge in [0.15, 0.2) is 0 Å². The molecule has 0 bridgehead atoms. The number of rotatable bonds is 41. The number of carbonyl (C=O) groups excluding carboxylic acids is 1. The predicted octanol–water partition coefficient (Wildman–Crippen LogP) is 15.2. The molecule has 324 valence electrons. The van der Waals surface area contributed by atoms with Crippen LogP contribution in [0.5, 0.6) is 0 Å². The summed E-state index contributed by atoms with van der Waals surface area (Å²) in [4.78, 5) is 12.4. The summed E-state index contributed by atoms with van der Waals surface area (Å²) < 4.78 is 0. The molecule has 1 amide bonds. The number of unbranched alkanes of at least 4 members (excludes halogenated alkanes) is 16. The quantitative estimate of drug-likeness (QED) is 0.0427. The molecular formula is C53H89NO3. The van der Waals surface area contributed by atoms with Gasteiger partial charge in [0.05, 0.1) is 18.8 Å². The van der Waals surface area contributed by atoms with Crippen LogP contribution in [0.4, 0.5) is 0 Å². The third kappa shape index (κ3) is 44.0. The molecular weight excluding hydrogens is 699 g/mol. The van der Waals surface area contributed by atoms with Crippen molar-refractivity contribution < 1.29 is 15.0 Å². The number of aliphatic hydroxyl groups excluding tert-OH is 2. The zero-order valence-electron chi connectivity index (χ0n) is 37.1. The van der Waals surface area contributed by atoms with Crippen molar-refractivity contribution >= 4 is 5.91 Å². The minimum atomic E-state index is -0.691. The van der Waals surface area contributed by atoms with E-state index in [1.165, 1.54) is 89.9 Å². The Bertz CT molecular complexity index is 1120. The summed E-state index contributed by atoms with van der Waals surface area (Å²) >= 11 is 0. The predicted molar refractivity (Wildman–Crippen MR) is 253 cm³/mol. The summed E-state index contributed by atoms with van der Waals surface area (Å²) in [5.41, 5.74) is 0. The van der Waals surface area contributed by atoms with Crippen molar-refractivity contribution in [1.29, 1.82) is 0 Å². The molecule has 4 heteroatoms. The summed E-state index contributed by atoms with van der Waals surface area (Å²) in [5, 5.41) is 23.2. The van der Waals surface area contributed by atoms with Gasteiger partial charge in [-0.2, -0.15) is 0 Å². The number of amides is 1. The second-order valence-corrected chi connectivity index (χ2v) is 15.4. The standard InChI is InChI=1S/C53H89NO3/c1-3-5-7-9-11-13-15-17-19-21-22-23-24-25-26-27-28-29-30-31-32-33-35-37-39-41-43-45-47-49-53(57)54-51(50-55)52(56)48-46-44-42-40-38-36-34-20-18-16-14-12-10-8-6-4-2/h5,7,11,13,17,19,22-23,25-26,28-29,31-32,35,37,41,43,51-52,55-56H,3-4,6,8-10,12,14-16,18,20-21,24,27,30,33-34,36,38-40,42,44-50H2,1-2H3,(H,54,57)/b7-5-,13-11-,19-17-,23-22-,26-25-,29-28-,32-31-,37-35-,43-41-. The first-order chi connectivity index (χ1) is 28.2. The van der Waals surface area contributed by atoms with Gasteiger partial charge in [-0.3, -0.25) is 4.79 Å². The minimum Gasteiger partial charge on any atom is -0.394 e. The highest BCUT2D eigenvalue weighted by molar-refractivity contribution is 5.76. The van der Waals surface area contributed by atoms with Crippen LogP contribution in [0.1, 0.15) is 200 Å². The average Bonchev–Trinajstić information content (AvgIpc) is 3.22. The lowest BCUT2D eigenvalue weighted by molar-refractivity contribution is -0.123. The van der Waals surface area contributed by atoms with Gasteiger partial charge in [-0.05, 0) is 77.0 Å². The molecule has 0 spiro atoms. The van der Waals surface area contributed by atoms with Crippen molar-refractivity contribution in [2.75, 3.05) is 6.61 Å². The van der Waals surface area contributed by atoms with Gasteiger partial charge in [0.1, 0.15) is 0 Å². The third-order valence-electron chi connectivity index (χ3n) is 10.0. The Morgan fingerprint density at radius 3 is 1.09 bits per heavy atom. The van der Waals surface area contributed by atoms with Crippen LogP contribution < -0.4 is 5.32 Å². The Hall–Kier alpha value is -2.95. The first kappa shape index (κ1) is 54.0. The Kier molecular flexibility index (Phi) is 45.0. The number of hydrogen-bond donors (Lipinski definition) is 3. The number of carbonyl (C=O) groups is 1. The maximum Gasteiger partial charge on any atom is 0.220 e. The molecule has 57 heavy (non-hydrogen) atoms. The summed E-state index contributed by atoms with van der Waals surface area (Å²) in [6.45, 7) is 4.21. The summed E-state index contributed by atoms with van der Waals surface area (Å²) in [5.74, 6) is -0.0934. The summed E-state index contributed by atoms with van der Waals surface area (Å²) in [6, 6.07) is -0.575. The zero-order chi connectivity index (χ0) is 41.4. The molecule has 0 aromatic rings. The Labute approximate surface area is 353 Å². The van der Waals surface area contributed by atoms with Crippen LogP contribution >= 0.6 is 0 Å². The van der Waals surface area contributed by atoms with E-state index in [1.807, 2.05) is 0 Å². The number of aliphatic hydroxyl groups is 2. The Morgan fingerprint density at radius 1 is 0.439 bits per heavy atom. The van der Waals surface area contributed by atoms with Crippen LogP contribution in [0, 0.1) is 0 Å². The Morgan fingerprint density at radius 2 is 0.754 bits per heavy atom. The van der Waals surface area contributed by atoms with Crippen molar-refractivity contribution in [3.8, 4) is 0 Å². The van der Waals surface area contributed by atoms with Crippen LogP contribution in [0.25, 0.3) is 0 Å². The molecule has 4 nitrogen and oxygen atoms in total. The highest BCUT2D eigenvalue weighted by atomic mass is 16.3. The highest BCUT2D eigenvalue weighted by Crippen LogP contribution is 2.15. The number of allylic oxidation sites excluding steroid dienone is 18. The molecule has 0 aliphatic carbocycles. The van der Waals surface area contributed by atoms with Gasteiger partial charge < -0.3 is 15.5 Å². The number of nitrogens with one attached hydrogen (secondary N) is 1. The molecule has 0 rings (SSSR count). The molecule has 2 unspecified atom stereocenters. The molecule has 0 fully saturated rings. The largest absolute Gasteiger partial charge is 0.394 e. The van der Waals surface area contributed by atoms with E-state index < -0.39 is 12.1 Å². The number of hydrogen-bond acceptors (Lipinski definition) is 3. The maximum absolute atomic E-state index is 12.4. The fraction of sp³-hybridized carbons (Fsp3) is 0.642. The van der Waals surface area contributed by atoms with Gasteiger partial charge in [0, 0.05) is 6.42 Å². The molecule has 3 N–H and O–H groups in total. The normalized spacial score (nSPS) is 14.0. The van der Waals surface area contributed by atoms with Crippen LogP contribution in [-0.4, -0.2) is 34.9 Å². The molecule has 0 aliphatic rings. The van der Waals surface area contributed by atoms with Gasteiger partial charge in [0.25, 0.3) is 0 Å². The molecule has 0 aromatic carbocycles. The smallest absolute Gasteiger partial charge is 0.220 e. The van der Waals surface area contributed by atoms with E-state index in [9.17, 15) is 15.0 Å². The van der Waals surface area contributed by atoms with Crippen molar-refractivity contribution in [3.63, 3.8) is 0 Å². The molecule has 2 atom stereocenters. The van der Waals surface area contributed by atoms with Crippen molar-refractivity contribution in [1.82, 2.24) is 5.32 Å². The van der Waals surface area contributed by atoms with Gasteiger partial charge in [-0.25, -0.2) is 0 Å². The fourth-order valence-corrected chi connectivity index (χ4v) is 6.48. The van der Waals surface area contributed by atoms with E-state index in [-0.39, 0.29) is 12.5 Å². The van der Waals surface area contributed by atoms with Crippen molar-refractivity contribution in [3.05, 3.63) is 109 Å². The van der Waals surface area contributed by atoms with E-state index in [4.69, 9.17) is 0 Å². The lowest BCUT2D eigenvalue weighted by atomic mass is 10.0. The molecule has 0 radical (unpaired) electrons. The lowest BCUT2D eigenvalue weighted by Crippen LogP contribution is -2.45. The second kappa shape index (κ2) is 47.4. The molecule has 0 aromatic heterocycles. The van der Waals surface area contributed by atoms with Crippen LogP contribution in [0.15, 0.2) is 109 Å². The molecule has 0 heterocycles. The van der Waals surface area contributed by atoms with Crippen LogP contribution in [-0.2, 0) is 4.79 Å². The van der Waals surface area contributed by atoms with E-state index in [0.29, 0.717) is 12.8 Å². The lowest BCUT2D eigenvalue weighted by Gasteiger charge is -2.22. The van der Waals surface area contributed by atoms with E-state index >= 15 is 0 Å². The molecule has 0 aliphatic heterocycles.